The predicted molar refractivity (Wildman–Crippen MR) is 128 cm³/mol. The average Bonchev–Trinajstić information content (AvgIpc) is 3.50. The summed E-state index contributed by atoms with van der Waals surface area (Å²) in [5, 5.41) is 6.95. The fraction of sp³-hybridized carbons (Fsp3) is 0.250. The molecular weight excluding hydrogens is 554 g/mol. The number of benzene rings is 2. The Kier molecular flexibility index (Phi) is 7.86. The van der Waals surface area contributed by atoms with E-state index in [1.165, 1.54) is 48.9 Å². The van der Waals surface area contributed by atoms with Crippen molar-refractivity contribution in [2.75, 3.05) is 0 Å². The van der Waals surface area contributed by atoms with Crippen molar-refractivity contribution < 1.29 is 31.1 Å². The number of imidazole rings is 1. The van der Waals surface area contributed by atoms with Gasteiger partial charge in [-0.3, -0.25) is 9.36 Å². The summed E-state index contributed by atoms with van der Waals surface area (Å²) in [4.78, 5) is 32.5. The first kappa shape index (κ1) is 28.0. The number of amides is 1. The molecular formula is C24H19ClF6N6O2. The molecule has 4 rings (SSSR count). The summed E-state index contributed by atoms with van der Waals surface area (Å²) in [7, 11) is 0. The van der Waals surface area contributed by atoms with E-state index in [-0.39, 0.29) is 22.6 Å². The molecule has 0 bridgehead atoms. The van der Waals surface area contributed by atoms with Gasteiger partial charge >= 0.3 is 18.0 Å². The second-order valence-corrected chi connectivity index (χ2v) is 8.85. The number of hydrogen-bond acceptors (Lipinski definition) is 4. The summed E-state index contributed by atoms with van der Waals surface area (Å²) in [5.41, 5.74) is -1.29. The molecule has 2 N–H and O–H groups in total. The van der Waals surface area contributed by atoms with Crippen molar-refractivity contribution in [3.63, 3.8) is 0 Å². The molecule has 0 spiro atoms. The van der Waals surface area contributed by atoms with Gasteiger partial charge in [-0.2, -0.15) is 26.3 Å². The largest absolute Gasteiger partial charge is 0.416 e. The number of alkyl halides is 6. The first-order valence-corrected chi connectivity index (χ1v) is 11.6. The molecule has 0 aliphatic heterocycles. The monoisotopic (exact) mass is 572 g/mol. The maximum Gasteiger partial charge on any atom is 0.416 e. The number of hydrogen-bond donors (Lipinski definition) is 2. The Bertz CT molecular complexity index is 1490. The van der Waals surface area contributed by atoms with Gasteiger partial charge in [0.1, 0.15) is 6.54 Å². The maximum absolute atomic E-state index is 13.3. The summed E-state index contributed by atoms with van der Waals surface area (Å²) in [6.07, 6.45) is -7.93. The summed E-state index contributed by atoms with van der Waals surface area (Å²) in [6.45, 7) is -1.47. The van der Waals surface area contributed by atoms with Crippen molar-refractivity contribution in [3.05, 3.63) is 93.4 Å². The van der Waals surface area contributed by atoms with Gasteiger partial charge in [-0.1, -0.05) is 23.7 Å². The average molecular weight is 573 g/mol. The van der Waals surface area contributed by atoms with E-state index in [0.29, 0.717) is 9.70 Å². The van der Waals surface area contributed by atoms with Gasteiger partial charge in [0.2, 0.25) is 5.91 Å². The van der Waals surface area contributed by atoms with Crippen LogP contribution >= 0.6 is 11.6 Å². The normalized spacial score (nSPS) is 12.9. The van der Waals surface area contributed by atoms with Crippen LogP contribution in [0.1, 0.15) is 29.3 Å². The molecule has 2 aromatic carbocycles. The highest BCUT2D eigenvalue weighted by molar-refractivity contribution is 6.30. The third kappa shape index (κ3) is 6.88. The number of carbonyl (C=O) groups is 1. The Balaban J connectivity index is 1.64. The quantitative estimate of drug-likeness (QED) is 0.292. The molecule has 15 heteroatoms. The number of nitrogens with zero attached hydrogens (tertiary/aromatic N) is 4. The van der Waals surface area contributed by atoms with Crippen LogP contribution in [0.3, 0.4) is 0 Å². The first-order valence-electron chi connectivity index (χ1n) is 11.3. The maximum atomic E-state index is 13.3. The standard InChI is InChI=1S/C24H19ClF6N6O2/c25-17-6-4-14(5-7-17)21-35-37(22(39)36(21)9-8-23(26,27)28)12-19(38)34-20(18-11-32-13-33-18)15-2-1-3-16(10-15)24(29,30)31/h1-7,10-11,13,20H,8-9,12H2,(H,32,33)(H,34,38). The van der Waals surface area contributed by atoms with E-state index in [1.54, 1.807) is 0 Å². The minimum absolute atomic E-state index is 0.0762. The van der Waals surface area contributed by atoms with Crippen molar-refractivity contribution in [3.8, 4) is 11.4 Å². The lowest BCUT2D eigenvalue weighted by Crippen LogP contribution is -2.36. The SMILES string of the molecule is O=C(Cn1nc(-c2ccc(Cl)cc2)n(CCC(F)(F)F)c1=O)NC(c1cccc(C(F)(F)F)c1)c1cnc[nH]1. The fourth-order valence-corrected chi connectivity index (χ4v) is 3.93. The van der Waals surface area contributed by atoms with Crippen LogP contribution in [0.15, 0.2) is 65.8 Å². The molecule has 0 aliphatic rings. The van der Waals surface area contributed by atoms with Gasteiger partial charge in [-0.25, -0.2) is 14.5 Å². The van der Waals surface area contributed by atoms with Crippen LogP contribution < -0.4 is 11.0 Å². The lowest BCUT2D eigenvalue weighted by atomic mass is 10.0. The molecule has 1 atom stereocenters. The van der Waals surface area contributed by atoms with Gasteiger partial charge in [0.05, 0.1) is 36.2 Å². The minimum atomic E-state index is -4.63. The van der Waals surface area contributed by atoms with E-state index in [9.17, 15) is 35.9 Å². The van der Waals surface area contributed by atoms with Gasteiger partial charge in [-0.05, 0) is 42.0 Å². The molecule has 1 amide bonds. The number of halogens is 7. The van der Waals surface area contributed by atoms with Crippen LogP contribution in [-0.4, -0.2) is 36.4 Å². The zero-order valence-corrected chi connectivity index (χ0v) is 20.5. The molecule has 0 saturated heterocycles. The predicted octanol–water partition coefficient (Wildman–Crippen LogP) is 4.97. The highest BCUT2D eigenvalue weighted by atomic mass is 35.5. The van der Waals surface area contributed by atoms with Crippen molar-refractivity contribution in [2.45, 2.75) is 37.9 Å². The Morgan fingerprint density at radius 2 is 1.79 bits per heavy atom. The number of nitrogens with one attached hydrogen (secondary N) is 2. The molecule has 4 aromatic rings. The van der Waals surface area contributed by atoms with Crippen LogP contribution in [0.4, 0.5) is 26.3 Å². The van der Waals surface area contributed by atoms with Gasteiger partial charge in [-0.15, -0.1) is 5.10 Å². The third-order valence-corrected chi connectivity index (χ3v) is 5.87. The first-order chi connectivity index (χ1) is 18.3. The molecule has 0 aliphatic carbocycles. The van der Waals surface area contributed by atoms with Crippen molar-refractivity contribution in [2.24, 2.45) is 0 Å². The Labute approximate surface area is 221 Å². The zero-order chi connectivity index (χ0) is 28.4. The molecule has 2 aromatic heterocycles. The Hall–Kier alpha value is -4.07. The summed E-state index contributed by atoms with van der Waals surface area (Å²) >= 11 is 5.88. The van der Waals surface area contributed by atoms with Crippen LogP contribution in [0, 0.1) is 0 Å². The summed E-state index contributed by atoms with van der Waals surface area (Å²) in [6, 6.07) is 9.03. The molecule has 206 valence electrons. The van der Waals surface area contributed by atoms with E-state index in [1.807, 2.05) is 0 Å². The molecule has 39 heavy (non-hydrogen) atoms. The van der Waals surface area contributed by atoms with Gasteiger partial charge in [0.25, 0.3) is 0 Å². The van der Waals surface area contributed by atoms with Gasteiger partial charge in [0, 0.05) is 17.1 Å². The molecule has 0 fully saturated rings. The van der Waals surface area contributed by atoms with Crippen LogP contribution in [0.5, 0.6) is 0 Å². The summed E-state index contributed by atoms with van der Waals surface area (Å²) < 4.78 is 80.0. The third-order valence-electron chi connectivity index (χ3n) is 5.62. The van der Waals surface area contributed by atoms with Gasteiger partial charge < -0.3 is 10.3 Å². The lowest BCUT2D eigenvalue weighted by molar-refractivity contribution is -0.138. The second kappa shape index (κ2) is 11.0. The molecule has 0 radical (unpaired) electrons. The molecule has 2 heterocycles. The second-order valence-electron chi connectivity index (χ2n) is 8.42. The van der Waals surface area contributed by atoms with E-state index in [2.05, 4.69) is 20.4 Å². The van der Waals surface area contributed by atoms with E-state index >= 15 is 0 Å². The van der Waals surface area contributed by atoms with Crippen LogP contribution in [0.25, 0.3) is 11.4 Å². The lowest BCUT2D eigenvalue weighted by Gasteiger charge is -2.19. The van der Waals surface area contributed by atoms with Crippen molar-refractivity contribution in [1.82, 2.24) is 29.6 Å². The highest BCUT2D eigenvalue weighted by Gasteiger charge is 2.32. The zero-order valence-electron chi connectivity index (χ0n) is 19.7. The van der Waals surface area contributed by atoms with Gasteiger partial charge in [0.15, 0.2) is 5.82 Å². The Morgan fingerprint density at radius 1 is 1.08 bits per heavy atom. The number of aromatic amines is 1. The topological polar surface area (TPSA) is 97.6 Å². The van der Waals surface area contributed by atoms with Crippen LogP contribution in [-0.2, 0) is 24.1 Å². The minimum Gasteiger partial charge on any atom is -0.346 e. The number of H-pyrrole nitrogens is 1. The van der Waals surface area contributed by atoms with Crippen molar-refractivity contribution in [1.29, 1.82) is 0 Å². The van der Waals surface area contributed by atoms with E-state index < -0.39 is 55.1 Å². The molecule has 1 unspecified atom stereocenters. The fourth-order valence-electron chi connectivity index (χ4n) is 3.80. The number of rotatable bonds is 8. The number of aromatic nitrogens is 5. The number of carbonyl (C=O) groups excluding carboxylic acids is 1. The molecule has 0 saturated carbocycles. The van der Waals surface area contributed by atoms with Crippen molar-refractivity contribution >= 4 is 17.5 Å². The smallest absolute Gasteiger partial charge is 0.346 e. The van der Waals surface area contributed by atoms with E-state index in [4.69, 9.17) is 11.6 Å². The Morgan fingerprint density at radius 3 is 2.41 bits per heavy atom. The summed E-state index contributed by atoms with van der Waals surface area (Å²) in [5.74, 6) is -0.950. The van der Waals surface area contributed by atoms with Crippen LogP contribution in [0.2, 0.25) is 5.02 Å². The highest BCUT2D eigenvalue weighted by Crippen LogP contribution is 2.32. The molecule has 8 nitrogen and oxygen atoms in total. The van der Waals surface area contributed by atoms with E-state index in [0.717, 1.165) is 16.7 Å².